The summed E-state index contributed by atoms with van der Waals surface area (Å²) in [5.41, 5.74) is 0.412. The van der Waals surface area contributed by atoms with Gasteiger partial charge in [0.2, 0.25) is 0 Å². The lowest BCUT2D eigenvalue weighted by molar-refractivity contribution is 0.0647. The van der Waals surface area contributed by atoms with Gasteiger partial charge in [-0.1, -0.05) is 18.2 Å². The van der Waals surface area contributed by atoms with Gasteiger partial charge in [0.15, 0.2) is 11.5 Å². The topological polar surface area (TPSA) is 52.6 Å². The zero-order chi connectivity index (χ0) is 13.4. The maximum atomic E-state index is 12.1. The highest BCUT2D eigenvalue weighted by Crippen LogP contribution is 2.35. The van der Waals surface area contributed by atoms with Crippen LogP contribution in [-0.2, 0) is 0 Å². The van der Waals surface area contributed by atoms with Crippen molar-refractivity contribution in [3.8, 4) is 11.5 Å². The molecule has 1 aliphatic heterocycles. The maximum absolute atomic E-state index is 12.1. The fraction of sp³-hybridized carbons (Fsp3) is 0. The lowest BCUT2D eigenvalue weighted by atomic mass is 10.1. The first-order valence-electron chi connectivity index (χ1n) is 5.49. The average molecular weight is 366 g/mol. The van der Waals surface area contributed by atoms with E-state index in [9.17, 15) is 9.59 Å². The van der Waals surface area contributed by atoms with E-state index in [0.29, 0.717) is 3.57 Å². The van der Waals surface area contributed by atoms with Gasteiger partial charge in [0.25, 0.3) is 0 Å². The van der Waals surface area contributed by atoms with Crippen molar-refractivity contribution < 1.29 is 19.1 Å². The number of ether oxygens (including phenoxy) is 2. The summed E-state index contributed by atoms with van der Waals surface area (Å²) >= 11 is 2.02. The van der Waals surface area contributed by atoms with Crippen molar-refractivity contribution in [2.24, 2.45) is 0 Å². The zero-order valence-electron chi connectivity index (χ0n) is 9.55. The van der Waals surface area contributed by atoms with Gasteiger partial charge in [-0.05, 0) is 46.9 Å². The van der Waals surface area contributed by atoms with Crippen LogP contribution in [-0.4, -0.2) is 11.9 Å². The van der Waals surface area contributed by atoms with E-state index in [-0.39, 0.29) is 22.6 Å². The van der Waals surface area contributed by atoms with Gasteiger partial charge in [-0.2, -0.15) is 0 Å². The number of hydrogen-bond donors (Lipinski definition) is 0. The Balaban J connectivity index is 2.18. The Bertz CT molecular complexity index is 694. The van der Waals surface area contributed by atoms with Gasteiger partial charge in [-0.15, -0.1) is 0 Å². The van der Waals surface area contributed by atoms with Crippen LogP contribution in [0.1, 0.15) is 20.7 Å². The molecular weight excluding hydrogens is 359 g/mol. The number of carbonyl (C=O) groups excluding carboxylic acids is 2. The first-order chi connectivity index (χ1) is 9.16. The Kier molecular flexibility index (Phi) is 2.98. The highest BCUT2D eigenvalue weighted by Gasteiger charge is 2.26. The van der Waals surface area contributed by atoms with Gasteiger partial charge < -0.3 is 9.47 Å². The van der Waals surface area contributed by atoms with E-state index < -0.39 is 11.9 Å². The molecule has 2 aromatic carbocycles. The molecule has 1 aliphatic rings. The fourth-order valence-corrected chi connectivity index (χ4v) is 2.39. The van der Waals surface area contributed by atoms with E-state index in [0.717, 1.165) is 0 Å². The van der Waals surface area contributed by atoms with E-state index >= 15 is 0 Å². The van der Waals surface area contributed by atoms with Crippen LogP contribution in [0.4, 0.5) is 0 Å². The molecule has 0 fully saturated rings. The summed E-state index contributed by atoms with van der Waals surface area (Å²) in [4.78, 5) is 24.1. The Morgan fingerprint density at radius 2 is 1.42 bits per heavy atom. The molecule has 5 heteroatoms. The van der Waals surface area contributed by atoms with Crippen LogP contribution in [0.3, 0.4) is 0 Å². The van der Waals surface area contributed by atoms with E-state index in [1.54, 1.807) is 36.4 Å². The third-order valence-electron chi connectivity index (χ3n) is 2.70. The third-order valence-corrected chi connectivity index (χ3v) is 3.54. The minimum atomic E-state index is -0.560. The van der Waals surface area contributed by atoms with Crippen molar-refractivity contribution in [2.75, 3.05) is 0 Å². The van der Waals surface area contributed by atoms with Crippen LogP contribution in [0, 0.1) is 3.57 Å². The van der Waals surface area contributed by atoms with Gasteiger partial charge in [-0.25, -0.2) is 9.59 Å². The molecule has 0 atom stereocenters. The molecule has 1 heterocycles. The van der Waals surface area contributed by atoms with E-state index in [1.165, 1.54) is 6.07 Å². The fourth-order valence-electron chi connectivity index (χ4n) is 1.81. The zero-order valence-corrected chi connectivity index (χ0v) is 11.7. The van der Waals surface area contributed by atoms with Gasteiger partial charge in [-0.3, -0.25) is 0 Å². The Labute approximate surface area is 122 Å². The van der Waals surface area contributed by atoms with Crippen molar-refractivity contribution in [3.63, 3.8) is 0 Å². The van der Waals surface area contributed by atoms with Crippen molar-refractivity contribution in [1.29, 1.82) is 0 Å². The number of esters is 2. The van der Waals surface area contributed by atoms with Crippen molar-refractivity contribution >= 4 is 34.5 Å². The minimum absolute atomic E-state index is 0.206. The molecule has 0 saturated heterocycles. The SMILES string of the molecule is O=C1Oc2cccc(I)c2OC(=O)c2ccccc21. The van der Waals surface area contributed by atoms with Crippen molar-refractivity contribution in [1.82, 2.24) is 0 Å². The molecular formula is C14H7IO4. The second kappa shape index (κ2) is 4.65. The molecule has 0 radical (unpaired) electrons. The molecule has 2 aromatic rings. The normalized spacial score (nSPS) is 13.5. The first-order valence-corrected chi connectivity index (χ1v) is 6.56. The number of halogens is 1. The Hall–Kier alpha value is -1.89. The van der Waals surface area contributed by atoms with Gasteiger partial charge in [0.05, 0.1) is 14.7 Å². The van der Waals surface area contributed by atoms with Crippen LogP contribution in [0.2, 0.25) is 0 Å². The highest BCUT2D eigenvalue weighted by molar-refractivity contribution is 14.1. The van der Waals surface area contributed by atoms with Crippen molar-refractivity contribution in [2.45, 2.75) is 0 Å². The smallest absolute Gasteiger partial charge is 0.344 e. The summed E-state index contributed by atoms with van der Waals surface area (Å²) in [7, 11) is 0. The van der Waals surface area contributed by atoms with Gasteiger partial charge in [0.1, 0.15) is 0 Å². The lowest BCUT2D eigenvalue weighted by Crippen LogP contribution is -2.21. The quantitative estimate of drug-likeness (QED) is 0.409. The lowest BCUT2D eigenvalue weighted by Gasteiger charge is -2.16. The van der Waals surface area contributed by atoms with Crippen LogP contribution in [0.25, 0.3) is 0 Å². The van der Waals surface area contributed by atoms with Gasteiger partial charge in [0, 0.05) is 0 Å². The summed E-state index contributed by atoms with van der Waals surface area (Å²) in [6, 6.07) is 11.5. The molecule has 4 nitrogen and oxygen atoms in total. The standard InChI is InChI=1S/C14H7IO4/c15-10-6-3-7-11-12(10)19-14(17)9-5-2-1-4-8(9)13(16)18-11/h1-7H. The molecule has 3 rings (SSSR count). The van der Waals surface area contributed by atoms with Crippen LogP contribution in [0.15, 0.2) is 42.5 Å². The molecule has 0 aliphatic carbocycles. The monoisotopic (exact) mass is 366 g/mol. The largest absolute Gasteiger partial charge is 0.419 e. The number of carbonyl (C=O) groups is 2. The molecule has 0 N–H and O–H groups in total. The molecule has 94 valence electrons. The van der Waals surface area contributed by atoms with Crippen molar-refractivity contribution in [3.05, 3.63) is 57.2 Å². The Morgan fingerprint density at radius 3 is 2.11 bits per heavy atom. The average Bonchev–Trinajstić information content (AvgIpc) is 2.41. The number of hydrogen-bond acceptors (Lipinski definition) is 4. The van der Waals surface area contributed by atoms with Gasteiger partial charge >= 0.3 is 11.9 Å². The second-order valence-corrected chi connectivity index (χ2v) is 5.05. The van der Waals surface area contributed by atoms with Crippen LogP contribution >= 0.6 is 22.6 Å². The predicted molar refractivity (Wildman–Crippen MR) is 75.5 cm³/mol. The summed E-state index contributed by atoms with van der Waals surface area (Å²) < 4.78 is 11.3. The highest BCUT2D eigenvalue weighted by atomic mass is 127. The van der Waals surface area contributed by atoms with E-state index in [1.807, 2.05) is 22.6 Å². The molecule has 0 bridgehead atoms. The number of para-hydroxylation sites is 1. The molecule has 0 amide bonds. The summed E-state index contributed by atoms with van der Waals surface area (Å²) in [6.07, 6.45) is 0. The number of rotatable bonds is 0. The maximum Gasteiger partial charge on any atom is 0.344 e. The first kappa shape index (κ1) is 12.2. The summed E-state index contributed by atoms with van der Waals surface area (Å²) in [5.74, 6) is -0.594. The molecule has 0 spiro atoms. The summed E-state index contributed by atoms with van der Waals surface area (Å²) in [6.45, 7) is 0. The molecule has 0 aromatic heterocycles. The predicted octanol–water partition coefficient (Wildman–Crippen LogP) is 3.04. The Morgan fingerprint density at radius 1 is 0.789 bits per heavy atom. The van der Waals surface area contributed by atoms with Crippen LogP contribution in [0.5, 0.6) is 11.5 Å². The van der Waals surface area contributed by atoms with E-state index in [4.69, 9.17) is 9.47 Å². The molecule has 0 unspecified atom stereocenters. The second-order valence-electron chi connectivity index (χ2n) is 3.89. The van der Waals surface area contributed by atoms with E-state index in [2.05, 4.69) is 0 Å². The molecule has 0 saturated carbocycles. The number of benzene rings is 2. The third kappa shape index (κ3) is 2.10. The summed E-state index contributed by atoms with van der Waals surface area (Å²) in [5, 5.41) is 0. The number of fused-ring (bicyclic) bond motifs is 2. The minimum Gasteiger partial charge on any atom is -0.419 e. The van der Waals surface area contributed by atoms with Crippen LogP contribution < -0.4 is 9.47 Å². The molecule has 19 heavy (non-hydrogen) atoms.